The van der Waals surface area contributed by atoms with Crippen molar-refractivity contribution in [3.05, 3.63) is 28.7 Å². The van der Waals surface area contributed by atoms with Crippen LogP contribution in [0.5, 0.6) is 0 Å². The lowest BCUT2D eigenvalue weighted by molar-refractivity contribution is -0.137. The highest BCUT2D eigenvalue weighted by molar-refractivity contribution is 9.10. The third-order valence-corrected chi connectivity index (χ3v) is 5.77. The van der Waals surface area contributed by atoms with Crippen molar-refractivity contribution >= 4 is 31.7 Å². The molecule has 0 fully saturated rings. The van der Waals surface area contributed by atoms with Gasteiger partial charge in [0, 0.05) is 4.47 Å². The lowest BCUT2D eigenvalue weighted by Gasteiger charge is -2.20. The zero-order valence-corrected chi connectivity index (χ0v) is 13.2. The van der Waals surface area contributed by atoms with Crippen LogP contribution in [-0.2, 0) is 14.6 Å². The van der Waals surface area contributed by atoms with Crippen LogP contribution in [-0.4, -0.2) is 24.7 Å². The number of carboxylic acid groups (broad SMARTS) is 1. The van der Waals surface area contributed by atoms with Gasteiger partial charge in [0.15, 0.2) is 15.1 Å². The van der Waals surface area contributed by atoms with Crippen molar-refractivity contribution in [2.45, 2.75) is 36.8 Å². The van der Waals surface area contributed by atoms with Crippen LogP contribution < -0.4 is 0 Å². The predicted molar refractivity (Wildman–Crippen MR) is 76.8 cm³/mol. The molecule has 0 aromatic heterocycles. The lowest BCUT2D eigenvalue weighted by Crippen LogP contribution is -2.36. The highest BCUT2D eigenvalue weighted by Gasteiger charge is 2.38. The molecule has 0 bridgehead atoms. The van der Waals surface area contributed by atoms with Crippen molar-refractivity contribution in [2.24, 2.45) is 5.92 Å². The van der Waals surface area contributed by atoms with Gasteiger partial charge < -0.3 is 5.11 Å². The van der Waals surface area contributed by atoms with Crippen LogP contribution in [0.2, 0.25) is 0 Å². The van der Waals surface area contributed by atoms with E-state index in [0.717, 1.165) is 10.9 Å². The number of benzene rings is 1. The molecule has 0 radical (unpaired) electrons. The molecule has 19 heavy (non-hydrogen) atoms. The van der Waals surface area contributed by atoms with Crippen molar-refractivity contribution in [1.82, 2.24) is 0 Å². The highest BCUT2D eigenvalue weighted by atomic mass is 79.9. The molecule has 0 aliphatic heterocycles. The van der Waals surface area contributed by atoms with E-state index in [0.29, 0.717) is 6.42 Å². The van der Waals surface area contributed by atoms with Gasteiger partial charge in [-0.2, -0.15) is 0 Å². The van der Waals surface area contributed by atoms with Crippen molar-refractivity contribution in [2.75, 3.05) is 0 Å². The molecule has 2 unspecified atom stereocenters. The minimum atomic E-state index is -3.86. The number of aliphatic carboxylic acids is 1. The first kappa shape index (κ1) is 16.2. The topological polar surface area (TPSA) is 71.4 Å². The van der Waals surface area contributed by atoms with Gasteiger partial charge in [-0.25, -0.2) is 8.42 Å². The summed E-state index contributed by atoms with van der Waals surface area (Å²) in [6.45, 7) is 3.57. The van der Waals surface area contributed by atoms with E-state index < -0.39 is 27.0 Å². The molecule has 0 saturated heterocycles. The highest BCUT2D eigenvalue weighted by Crippen LogP contribution is 2.26. The minimum Gasteiger partial charge on any atom is -0.480 e. The van der Waals surface area contributed by atoms with Crippen LogP contribution >= 0.6 is 15.9 Å². The maximum Gasteiger partial charge on any atom is 0.322 e. The molecule has 0 spiro atoms. The number of hydrogen-bond acceptors (Lipinski definition) is 3. The van der Waals surface area contributed by atoms with Crippen molar-refractivity contribution in [3.8, 4) is 0 Å². The van der Waals surface area contributed by atoms with Crippen LogP contribution in [0.25, 0.3) is 0 Å². The summed E-state index contributed by atoms with van der Waals surface area (Å²) in [6.07, 6.45) is 1.31. The van der Waals surface area contributed by atoms with Gasteiger partial charge in [0.1, 0.15) is 0 Å². The Morgan fingerprint density at radius 2 is 1.84 bits per heavy atom. The molecule has 2 atom stereocenters. The molecule has 4 nitrogen and oxygen atoms in total. The fourth-order valence-corrected chi connectivity index (χ4v) is 4.15. The zero-order chi connectivity index (χ0) is 14.6. The molecule has 1 N–H and O–H groups in total. The SMILES string of the molecule is CCCC(C)C(C(=O)O)S(=O)(=O)c1ccc(Br)cc1. The monoisotopic (exact) mass is 348 g/mol. The van der Waals surface area contributed by atoms with Crippen LogP contribution in [0, 0.1) is 5.92 Å². The summed E-state index contributed by atoms with van der Waals surface area (Å²) < 4.78 is 25.6. The molecule has 1 rings (SSSR count). The van der Waals surface area contributed by atoms with Crippen LogP contribution in [0.15, 0.2) is 33.6 Å². The van der Waals surface area contributed by atoms with Gasteiger partial charge in [0.25, 0.3) is 0 Å². The smallest absolute Gasteiger partial charge is 0.322 e. The Morgan fingerprint density at radius 3 is 2.26 bits per heavy atom. The summed E-state index contributed by atoms with van der Waals surface area (Å²) in [7, 11) is -3.86. The number of rotatable bonds is 6. The minimum absolute atomic E-state index is 0.0473. The van der Waals surface area contributed by atoms with Crippen LogP contribution in [0.1, 0.15) is 26.7 Å². The average molecular weight is 349 g/mol. The zero-order valence-electron chi connectivity index (χ0n) is 10.8. The number of hydrogen-bond donors (Lipinski definition) is 1. The van der Waals surface area contributed by atoms with Gasteiger partial charge in [-0.05, 0) is 36.6 Å². The molecule has 0 aliphatic rings. The molecule has 1 aromatic carbocycles. The van der Waals surface area contributed by atoms with E-state index in [-0.39, 0.29) is 4.90 Å². The van der Waals surface area contributed by atoms with E-state index in [1.54, 1.807) is 19.1 Å². The van der Waals surface area contributed by atoms with Gasteiger partial charge in [-0.1, -0.05) is 36.2 Å². The van der Waals surface area contributed by atoms with Crippen molar-refractivity contribution in [1.29, 1.82) is 0 Å². The fraction of sp³-hybridized carbons (Fsp3) is 0.462. The van der Waals surface area contributed by atoms with E-state index in [1.807, 2.05) is 6.92 Å². The molecule has 0 amide bonds. The normalized spacial score (nSPS) is 14.9. The molecule has 1 aromatic rings. The summed E-state index contributed by atoms with van der Waals surface area (Å²) in [5, 5.41) is 7.84. The van der Waals surface area contributed by atoms with Gasteiger partial charge >= 0.3 is 5.97 Å². The Hall–Kier alpha value is -0.880. The van der Waals surface area contributed by atoms with Gasteiger partial charge in [0.05, 0.1) is 4.90 Å². The molecular weight excluding hydrogens is 332 g/mol. The Balaban J connectivity index is 3.20. The van der Waals surface area contributed by atoms with Crippen molar-refractivity contribution in [3.63, 3.8) is 0 Å². The van der Waals surface area contributed by atoms with Crippen LogP contribution in [0.3, 0.4) is 0 Å². The Morgan fingerprint density at radius 1 is 1.32 bits per heavy atom. The second-order valence-electron chi connectivity index (χ2n) is 4.52. The summed E-state index contributed by atoms with van der Waals surface area (Å²) in [5.74, 6) is -1.71. The standard InChI is InChI=1S/C13H17BrO4S/c1-3-4-9(2)12(13(15)16)19(17,18)11-7-5-10(14)6-8-11/h5-9,12H,3-4H2,1-2H3,(H,15,16). The molecular formula is C13H17BrO4S. The summed E-state index contributed by atoms with van der Waals surface area (Å²) >= 11 is 3.22. The Labute approximate surface area is 121 Å². The Kier molecular flexibility index (Phi) is 5.55. The molecule has 0 saturated carbocycles. The van der Waals surface area contributed by atoms with Crippen LogP contribution in [0.4, 0.5) is 0 Å². The molecule has 6 heteroatoms. The quantitative estimate of drug-likeness (QED) is 0.857. The number of sulfone groups is 1. The second-order valence-corrected chi connectivity index (χ2v) is 7.51. The Bertz CT molecular complexity index is 536. The van der Waals surface area contributed by atoms with Gasteiger partial charge in [-0.3, -0.25) is 4.79 Å². The largest absolute Gasteiger partial charge is 0.480 e. The number of halogens is 1. The van der Waals surface area contributed by atoms with E-state index in [9.17, 15) is 18.3 Å². The van der Waals surface area contributed by atoms with Gasteiger partial charge in [-0.15, -0.1) is 0 Å². The number of carboxylic acids is 1. The number of carbonyl (C=O) groups is 1. The average Bonchev–Trinajstić information content (AvgIpc) is 2.28. The summed E-state index contributed by atoms with van der Waals surface area (Å²) in [4.78, 5) is 11.4. The van der Waals surface area contributed by atoms with E-state index in [4.69, 9.17) is 0 Å². The predicted octanol–water partition coefficient (Wildman–Crippen LogP) is 3.11. The third kappa shape index (κ3) is 3.79. The van der Waals surface area contributed by atoms with Crippen molar-refractivity contribution < 1.29 is 18.3 Å². The summed E-state index contributed by atoms with van der Waals surface area (Å²) in [5.41, 5.74) is 0. The van der Waals surface area contributed by atoms with E-state index >= 15 is 0 Å². The third-order valence-electron chi connectivity index (χ3n) is 2.98. The summed E-state index contributed by atoms with van der Waals surface area (Å²) in [6, 6.07) is 6.04. The first-order valence-electron chi connectivity index (χ1n) is 6.03. The van der Waals surface area contributed by atoms with Gasteiger partial charge in [0.2, 0.25) is 0 Å². The molecule has 0 heterocycles. The molecule has 0 aliphatic carbocycles. The second kappa shape index (κ2) is 6.52. The molecule has 106 valence electrons. The maximum atomic E-state index is 12.4. The maximum absolute atomic E-state index is 12.4. The first-order valence-corrected chi connectivity index (χ1v) is 8.37. The van der Waals surface area contributed by atoms with E-state index in [2.05, 4.69) is 15.9 Å². The fourth-order valence-electron chi connectivity index (χ4n) is 2.06. The lowest BCUT2D eigenvalue weighted by atomic mass is 10.0. The first-order chi connectivity index (χ1) is 8.80. The van der Waals surface area contributed by atoms with E-state index in [1.165, 1.54) is 12.1 Å².